The van der Waals surface area contributed by atoms with Gasteiger partial charge in [0, 0.05) is 18.2 Å². The van der Waals surface area contributed by atoms with E-state index in [0.717, 1.165) is 37.4 Å². The first-order valence-corrected chi connectivity index (χ1v) is 10.6. The standard InChI is InChI=1S/C19H20N6O4S/c26-16(21-12-4-2-1-3-5-12)11-30-19-22-17-15(18(27)23-19)10-20-24(17)13-6-8-14(9-7-13)25(28)29/h6-10,12H,1-5,11H2,(H,21,26)(H,22,23,27). The Morgan fingerprint density at radius 3 is 2.70 bits per heavy atom. The average molecular weight is 428 g/mol. The van der Waals surface area contributed by atoms with Crippen LogP contribution in [0, 0.1) is 10.1 Å². The fourth-order valence-electron chi connectivity index (χ4n) is 3.52. The molecular weight excluding hydrogens is 408 g/mol. The summed E-state index contributed by atoms with van der Waals surface area (Å²) in [4.78, 5) is 42.1. The summed E-state index contributed by atoms with van der Waals surface area (Å²) in [5.41, 5.74) is 0.465. The molecule has 4 rings (SSSR count). The number of nitro benzene ring substituents is 1. The molecule has 3 aromatic rings. The van der Waals surface area contributed by atoms with E-state index >= 15 is 0 Å². The molecule has 1 aliphatic carbocycles. The van der Waals surface area contributed by atoms with Gasteiger partial charge in [0.25, 0.3) is 11.2 Å². The van der Waals surface area contributed by atoms with E-state index in [-0.39, 0.29) is 28.9 Å². The first kappa shape index (κ1) is 20.1. The lowest BCUT2D eigenvalue weighted by Crippen LogP contribution is -2.37. The van der Waals surface area contributed by atoms with Gasteiger partial charge in [-0.3, -0.25) is 19.7 Å². The van der Waals surface area contributed by atoms with Crippen LogP contribution in [-0.4, -0.2) is 42.4 Å². The summed E-state index contributed by atoms with van der Waals surface area (Å²) >= 11 is 1.15. The molecule has 0 bridgehead atoms. The van der Waals surface area contributed by atoms with Crippen molar-refractivity contribution >= 4 is 34.4 Å². The van der Waals surface area contributed by atoms with Crippen LogP contribution in [0.4, 0.5) is 5.69 Å². The van der Waals surface area contributed by atoms with E-state index < -0.39 is 4.92 Å². The molecule has 156 valence electrons. The molecule has 2 N–H and O–H groups in total. The molecule has 1 aromatic carbocycles. The smallest absolute Gasteiger partial charge is 0.269 e. The van der Waals surface area contributed by atoms with Gasteiger partial charge in [0.1, 0.15) is 5.39 Å². The van der Waals surface area contributed by atoms with Crippen molar-refractivity contribution in [2.24, 2.45) is 0 Å². The Morgan fingerprint density at radius 2 is 2.00 bits per heavy atom. The molecule has 1 aliphatic rings. The highest BCUT2D eigenvalue weighted by Crippen LogP contribution is 2.21. The molecule has 30 heavy (non-hydrogen) atoms. The van der Waals surface area contributed by atoms with Crippen molar-refractivity contribution in [1.82, 2.24) is 25.1 Å². The number of hydrogen-bond donors (Lipinski definition) is 2. The minimum Gasteiger partial charge on any atom is -0.353 e. The average Bonchev–Trinajstić information content (AvgIpc) is 3.18. The molecular formula is C19H20N6O4S. The van der Waals surface area contributed by atoms with Crippen molar-refractivity contribution in [2.45, 2.75) is 43.3 Å². The molecule has 2 heterocycles. The summed E-state index contributed by atoms with van der Waals surface area (Å²) < 4.78 is 1.44. The number of benzene rings is 1. The van der Waals surface area contributed by atoms with E-state index in [2.05, 4.69) is 20.4 Å². The number of carbonyl (C=O) groups excluding carboxylic acids is 1. The predicted octanol–water partition coefficient (Wildman–Crippen LogP) is 2.56. The SMILES string of the molecule is O=C(CSc1nc2c(cnn2-c2ccc([N+](=O)[O-])cc2)c(=O)[nH]1)NC1CCCCC1. The third-order valence-electron chi connectivity index (χ3n) is 5.03. The largest absolute Gasteiger partial charge is 0.353 e. The molecule has 1 amide bonds. The zero-order chi connectivity index (χ0) is 21.1. The van der Waals surface area contributed by atoms with Gasteiger partial charge in [-0.05, 0) is 25.0 Å². The highest BCUT2D eigenvalue weighted by atomic mass is 32.2. The molecule has 0 saturated heterocycles. The van der Waals surface area contributed by atoms with Crippen molar-refractivity contribution in [3.63, 3.8) is 0 Å². The van der Waals surface area contributed by atoms with Crippen LogP contribution in [0.15, 0.2) is 40.4 Å². The Bertz CT molecular complexity index is 1130. The van der Waals surface area contributed by atoms with Gasteiger partial charge in [0.15, 0.2) is 10.8 Å². The quantitative estimate of drug-likeness (QED) is 0.266. The lowest BCUT2D eigenvalue weighted by atomic mass is 9.95. The second kappa shape index (κ2) is 8.66. The lowest BCUT2D eigenvalue weighted by Gasteiger charge is -2.22. The normalized spacial score (nSPS) is 14.7. The van der Waals surface area contributed by atoms with Gasteiger partial charge in [-0.2, -0.15) is 5.10 Å². The predicted molar refractivity (Wildman–Crippen MR) is 112 cm³/mol. The van der Waals surface area contributed by atoms with Crippen LogP contribution >= 0.6 is 11.8 Å². The first-order chi connectivity index (χ1) is 14.5. The summed E-state index contributed by atoms with van der Waals surface area (Å²) in [7, 11) is 0. The molecule has 1 saturated carbocycles. The van der Waals surface area contributed by atoms with Crippen LogP contribution in [0.3, 0.4) is 0 Å². The summed E-state index contributed by atoms with van der Waals surface area (Å²) in [5, 5.41) is 18.7. The van der Waals surface area contributed by atoms with Crippen LogP contribution in [0.5, 0.6) is 0 Å². The van der Waals surface area contributed by atoms with Gasteiger partial charge in [0.2, 0.25) is 5.91 Å². The number of hydrogen-bond acceptors (Lipinski definition) is 7. The third-order valence-corrected chi connectivity index (χ3v) is 5.91. The van der Waals surface area contributed by atoms with Crippen molar-refractivity contribution in [1.29, 1.82) is 0 Å². The lowest BCUT2D eigenvalue weighted by molar-refractivity contribution is -0.384. The minimum absolute atomic E-state index is 0.0405. The van der Waals surface area contributed by atoms with Gasteiger partial charge in [-0.1, -0.05) is 31.0 Å². The number of aromatic amines is 1. The van der Waals surface area contributed by atoms with Crippen molar-refractivity contribution in [3.8, 4) is 5.69 Å². The van der Waals surface area contributed by atoms with E-state index in [0.29, 0.717) is 21.9 Å². The molecule has 2 aromatic heterocycles. The highest BCUT2D eigenvalue weighted by molar-refractivity contribution is 7.99. The molecule has 0 spiro atoms. The maximum absolute atomic E-state index is 12.4. The van der Waals surface area contributed by atoms with Crippen LogP contribution in [0.2, 0.25) is 0 Å². The van der Waals surface area contributed by atoms with E-state index in [9.17, 15) is 19.7 Å². The fraction of sp³-hybridized carbons (Fsp3) is 0.368. The second-order valence-corrected chi connectivity index (χ2v) is 8.09. The Kier molecular flexibility index (Phi) is 5.79. The van der Waals surface area contributed by atoms with Crippen molar-refractivity contribution in [2.75, 3.05) is 5.75 Å². The van der Waals surface area contributed by atoms with E-state index in [1.165, 1.54) is 41.6 Å². The number of nitro groups is 1. The fourth-order valence-corrected chi connectivity index (χ4v) is 4.19. The van der Waals surface area contributed by atoms with Gasteiger partial charge >= 0.3 is 0 Å². The number of amides is 1. The van der Waals surface area contributed by atoms with Crippen LogP contribution in [-0.2, 0) is 4.79 Å². The van der Waals surface area contributed by atoms with Gasteiger partial charge in [-0.15, -0.1) is 0 Å². The Labute approximate surface area is 175 Å². The van der Waals surface area contributed by atoms with E-state index in [1.54, 1.807) is 0 Å². The molecule has 1 fully saturated rings. The summed E-state index contributed by atoms with van der Waals surface area (Å²) in [5.74, 6) is 0.0647. The Balaban J connectivity index is 1.52. The number of rotatable bonds is 6. The van der Waals surface area contributed by atoms with Crippen LogP contribution in [0.25, 0.3) is 16.7 Å². The molecule has 0 unspecified atom stereocenters. The summed E-state index contributed by atoms with van der Waals surface area (Å²) in [6, 6.07) is 6.03. The number of H-pyrrole nitrogens is 1. The zero-order valence-corrected chi connectivity index (χ0v) is 16.9. The number of fused-ring (bicyclic) bond motifs is 1. The Hall–Kier alpha value is -3.21. The topological polar surface area (TPSA) is 136 Å². The van der Waals surface area contributed by atoms with E-state index in [4.69, 9.17) is 0 Å². The van der Waals surface area contributed by atoms with Gasteiger partial charge < -0.3 is 10.3 Å². The summed E-state index contributed by atoms with van der Waals surface area (Å²) in [6.45, 7) is 0. The number of thioether (sulfide) groups is 1. The zero-order valence-electron chi connectivity index (χ0n) is 16.0. The summed E-state index contributed by atoms with van der Waals surface area (Å²) in [6.07, 6.45) is 6.89. The van der Waals surface area contributed by atoms with Gasteiger partial charge in [-0.25, -0.2) is 9.67 Å². The highest BCUT2D eigenvalue weighted by Gasteiger charge is 2.17. The monoisotopic (exact) mass is 428 g/mol. The van der Waals surface area contributed by atoms with Crippen LogP contribution < -0.4 is 10.9 Å². The number of carbonyl (C=O) groups is 1. The number of aromatic nitrogens is 4. The van der Waals surface area contributed by atoms with E-state index in [1.807, 2.05) is 0 Å². The molecule has 0 atom stereocenters. The maximum atomic E-state index is 12.4. The van der Waals surface area contributed by atoms with Gasteiger partial charge in [0.05, 0.1) is 22.6 Å². The first-order valence-electron chi connectivity index (χ1n) is 9.66. The second-order valence-electron chi connectivity index (χ2n) is 7.13. The van der Waals surface area contributed by atoms with Crippen molar-refractivity contribution < 1.29 is 9.72 Å². The third kappa shape index (κ3) is 4.35. The molecule has 11 heteroatoms. The Morgan fingerprint density at radius 1 is 1.27 bits per heavy atom. The van der Waals surface area contributed by atoms with Crippen LogP contribution in [0.1, 0.15) is 32.1 Å². The van der Waals surface area contributed by atoms with Crippen molar-refractivity contribution in [3.05, 3.63) is 50.9 Å². The molecule has 0 radical (unpaired) electrons. The number of nitrogens with one attached hydrogen (secondary N) is 2. The minimum atomic E-state index is -0.485. The maximum Gasteiger partial charge on any atom is 0.269 e. The number of nitrogens with zero attached hydrogens (tertiary/aromatic N) is 4. The molecule has 10 nitrogen and oxygen atoms in total. The molecule has 0 aliphatic heterocycles. The number of non-ortho nitro benzene ring substituents is 1.